The van der Waals surface area contributed by atoms with Gasteiger partial charge < -0.3 is 24.6 Å². The largest absolute Gasteiger partial charge is 0.496 e. The summed E-state index contributed by atoms with van der Waals surface area (Å²) in [5, 5.41) is 10.0. The van der Waals surface area contributed by atoms with Gasteiger partial charge in [0.1, 0.15) is 5.75 Å². The number of amides is 1. The van der Waals surface area contributed by atoms with E-state index in [1.165, 1.54) is 0 Å². The van der Waals surface area contributed by atoms with Crippen LogP contribution in [0.2, 0.25) is 0 Å². The fraction of sp³-hybridized carbons (Fsp3) is 0.238. The number of para-hydroxylation sites is 1. The number of rotatable bonds is 5. The molecule has 1 saturated heterocycles. The number of morpholine rings is 1. The second-order valence-electron chi connectivity index (χ2n) is 6.42. The van der Waals surface area contributed by atoms with E-state index in [9.17, 15) is 4.79 Å². The molecule has 2 heterocycles. The number of ether oxygens (including phenoxy) is 2. The van der Waals surface area contributed by atoms with Gasteiger partial charge in [-0.2, -0.15) is 0 Å². The van der Waals surface area contributed by atoms with Gasteiger partial charge in [0, 0.05) is 24.8 Å². The highest BCUT2D eigenvalue weighted by Gasteiger charge is 2.18. The second-order valence-corrected chi connectivity index (χ2v) is 6.42. The van der Waals surface area contributed by atoms with Crippen LogP contribution in [0.3, 0.4) is 0 Å². The van der Waals surface area contributed by atoms with Crippen molar-refractivity contribution in [1.29, 1.82) is 0 Å². The van der Waals surface area contributed by atoms with Crippen molar-refractivity contribution >= 4 is 11.6 Å². The molecule has 1 atom stereocenters. The first kappa shape index (κ1) is 18.2. The van der Waals surface area contributed by atoms with Crippen molar-refractivity contribution in [2.75, 3.05) is 32.1 Å². The Morgan fingerprint density at radius 1 is 1.21 bits per heavy atom. The molecule has 0 spiro atoms. The number of carbonyl (C=O) groups is 1. The van der Waals surface area contributed by atoms with Gasteiger partial charge in [-0.25, -0.2) is 0 Å². The lowest BCUT2D eigenvalue weighted by Gasteiger charge is -2.24. The molecule has 28 heavy (non-hydrogen) atoms. The molecule has 1 aliphatic rings. The average Bonchev–Trinajstić information content (AvgIpc) is 3.25. The molecule has 1 aromatic heterocycles. The maximum absolute atomic E-state index is 12.5. The van der Waals surface area contributed by atoms with Crippen LogP contribution in [-0.4, -0.2) is 37.9 Å². The molecule has 0 aliphatic carbocycles. The number of aromatic nitrogens is 1. The smallest absolute Gasteiger partial charge is 0.277 e. The van der Waals surface area contributed by atoms with Gasteiger partial charge in [-0.15, -0.1) is 0 Å². The molecule has 3 aromatic rings. The summed E-state index contributed by atoms with van der Waals surface area (Å²) >= 11 is 0. The Labute approximate surface area is 162 Å². The molecule has 4 rings (SSSR count). The van der Waals surface area contributed by atoms with Crippen LogP contribution >= 0.6 is 0 Å². The van der Waals surface area contributed by atoms with Crippen molar-refractivity contribution in [3.8, 4) is 17.1 Å². The summed E-state index contributed by atoms with van der Waals surface area (Å²) in [7, 11) is 1.58. The van der Waals surface area contributed by atoms with Crippen molar-refractivity contribution < 1.29 is 18.8 Å². The van der Waals surface area contributed by atoms with Crippen LogP contribution in [0.5, 0.6) is 5.75 Å². The van der Waals surface area contributed by atoms with Crippen molar-refractivity contribution in [2.24, 2.45) is 0 Å². The minimum Gasteiger partial charge on any atom is -0.496 e. The third-order valence-electron chi connectivity index (χ3n) is 4.58. The summed E-state index contributed by atoms with van der Waals surface area (Å²) in [5.74, 6) is 0.786. The van der Waals surface area contributed by atoms with Crippen molar-refractivity contribution in [2.45, 2.75) is 6.10 Å². The maximum Gasteiger partial charge on any atom is 0.277 e. The number of hydrogen-bond acceptors (Lipinski definition) is 6. The molecule has 7 heteroatoms. The first-order valence-corrected chi connectivity index (χ1v) is 9.08. The minimum absolute atomic E-state index is 0.0393. The lowest BCUT2D eigenvalue weighted by molar-refractivity contribution is 0.0277. The quantitative estimate of drug-likeness (QED) is 0.708. The summed E-state index contributed by atoms with van der Waals surface area (Å²) in [5.41, 5.74) is 2.69. The Kier molecular flexibility index (Phi) is 5.36. The monoisotopic (exact) mass is 379 g/mol. The Bertz CT molecular complexity index is 946. The van der Waals surface area contributed by atoms with Gasteiger partial charge in [-0.05, 0) is 29.8 Å². The zero-order valence-corrected chi connectivity index (χ0v) is 15.5. The van der Waals surface area contributed by atoms with Crippen LogP contribution < -0.4 is 15.4 Å². The minimum atomic E-state index is -0.340. The summed E-state index contributed by atoms with van der Waals surface area (Å²) in [6, 6.07) is 16.6. The second kappa shape index (κ2) is 8.24. The molecular weight excluding hydrogens is 358 g/mol. The van der Waals surface area contributed by atoms with Crippen LogP contribution in [-0.2, 0) is 4.74 Å². The maximum atomic E-state index is 12.5. The molecular formula is C21H21N3O4. The zero-order chi connectivity index (χ0) is 19.3. The predicted octanol–water partition coefficient (Wildman–Crippen LogP) is 3.26. The van der Waals surface area contributed by atoms with Gasteiger partial charge in [0.25, 0.3) is 5.91 Å². The van der Waals surface area contributed by atoms with Crippen LogP contribution in [0.1, 0.15) is 22.2 Å². The first-order chi connectivity index (χ1) is 13.7. The molecule has 0 radical (unpaired) electrons. The van der Waals surface area contributed by atoms with Crippen LogP contribution in [0, 0.1) is 0 Å². The fourth-order valence-corrected chi connectivity index (χ4v) is 3.11. The highest BCUT2D eigenvalue weighted by molar-refractivity contribution is 6.03. The van der Waals surface area contributed by atoms with E-state index in [1.807, 2.05) is 48.5 Å². The Balaban J connectivity index is 1.45. The van der Waals surface area contributed by atoms with E-state index in [1.54, 1.807) is 13.2 Å². The Morgan fingerprint density at radius 3 is 2.79 bits per heavy atom. The molecule has 1 amide bonds. The molecule has 7 nitrogen and oxygen atoms in total. The molecule has 0 saturated carbocycles. The molecule has 2 aromatic carbocycles. The van der Waals surface area contributed by atoms with E-state index >= 15 is 0 Å². The fourth-order valence-electron chi connectivity index (χ4n) is 3.11. The van der Waals surface area contributed by atoms with Gasteiger partial charge in [0.15, 0.2) is 11.5 Å². The van der Waals surface area contributed by atoms with Crippen LogP contribution in [0.25, 0.3) is 11.3 Å². The van der Waals surface area contributed by atoms with Gasteiger partial charge in [0.05, 0.1) is 25.4 Å². The number of nitrogens with one attached hydrogen (secondary N) is 2. The third kappa shape index (κ3) is 3.90. The van der Waals surface area contributed by atoms with Crippen LogP contribution in [0.4, 0.5) is 5.69 Å². The Hall–Kier alpha value is -3.16. The van der Waals surface area contributed by atoms with Crippen molar-refractivity contribution in [1.82, 2.24) is 10.5 Å². The van der Waals surface area contributed by atoms with Gasteiger partial charge >= 0.3 is 0 Å². The normalized spacial score (nSPS) is 16.5. The zero-order valence-electron chi connectivity index (χ0n) is 15.5. The van der Waals surface area contributed by atoms with E-state index < -0.39 is 0 Å². The van der Waals surface area contributed by atoms with Gasteiger partial charge in [0.2, 0.25) is 0 Å². The van der Waals surface area contributed by atoms with E-state index in [-0.39, 0.29) is 17.7 Å². The number of benzene rings is 2. The van der Waals surface area contributed by atoms with Crippen LogP contribution in [0.15, 0.2) is 59.1 Å². The highest BCUT2D eigenvalue weighted by Crippen LogP contribution is 2.30. The summed E-state index contributed by atoms with van der Waals surface area (Å²) in [6.07, 6.45) is 0.0393. The number of nitrogens with zero attached hydrogens (tertiary/aromatic N) is 1. The van der Waals surface area contributed by atoms with E-state index in [2.05, 4.69) is 15.8 Å². The van der Waals surface area contributed by atoms with Gasteiger partial charge in [-0.3, -0.25) is 4.79 Å². The van der Waals surface area contributed by atoms with Gasteiger partial charge in [-0.1, -0.05) is 29.4 Å². The number of carbonyl (C=O) groups excluding carboxylic acids is 1. The molecule has 1 aliphatic heterocycles. The lowest BCUT2D eigenvalue weighted by atomic mass is 10.1. The van der Waals surface area contributed by atoms with E-state index in [0.717, 1.165) is 24.2 Å². The van der Waals surface area contributed by atoms with E-state index in [0.29, 0.717) is 23.8 Å². The van der Waals surface area contributed by atoms with Crippen molar-refractivity contribution in [3.05, 3.63) is 65.9 Å². The summed E-state index contributed by atoms with van der Waals surface area (Å²) < 4.78 is 16.4. The van der Waals surface area contributed by atoms with Crippen molar-refractivity contribution in [3.63, 3.8) is 0 Å². The number of anilines is 1. The summed E-state index contributed by atoms with van der Waals surface area (Å²) in [4.78, 5) is 12.5. The third-order valence-corrected chi connectivity index (χ3v) is 4.58. The molecule has 1 fully saturated rings. The number of hydrogen-bond donors (Lipinski definition) is 2. The van der Waals surface area contributed by atoms with E-state index in [4.69, 9.17) is 14.0 Å². The molecule has 2 N–H and O–H groups in total. The standard InChI is InChI=1S/C21H21N3O4/c1-26-18-5-3-2-4-16(18)19-12-17(24-28-19)21(25)23-15-8-6-14(7-9-15)20-13-22-10-11-27-20/h2-9,12,20,22H,10-11,13H2,1H3,(H,23,25). The number of methoxy groups -OCH3 is 1. The highest BCUT2D eigenvalue weighted by atomic mass is 16.5. The SMILES string of the molecule is COc1ccccc1-c1cc(C(=O)Nc2ccc(C3CNCCO3)cc2)no1. The molecule has 1 unspecified atom stereocenters. The lowest BCUT2D eigenvalue weighted by Crippen LogP contribution is -2.33. The first-order valence-electron chi connectivity index (χ1n) is 9.08. The molecule has 144 valence electrons. The average molecular weight is 379 g/mol. The summed E-state index contributed by atoms with van der Waals surface area (Å²) in [6.45, 7) is 2.36. The predicted molar refractivity (Wildman–Crippen MR) is 104 cm³/mol. The topological polar surface area (TPSA) is 85.6 Å². The molecule has 0 bridgehead atoms. The Morgan fingerprint density at radius 2 is 2.04 bits per heavy atom.